The van der Waals surface area contributed by atoms with Crippen LogP contribution in [0.3, 0.4) is 0 Å². The SMILES string of the molecule is CCNCCC=C(C)COC. The summed E-state index contributed by atoms with van der Waals surface area (Å²) in [6.45, 7) is 7.09. The van der Waals surface area contributed by atoms with Crippen LogP contribution < -0.4 is 5.32 Å². The van der Waals surface area contributed by atoms with E-state index in [1.54, 1.807) is 7.11 Å². The van der Waals surface area contributed by atoms with Gasteiger partial charge in [0.05, 0.1) is 6.61 Å². The molecule has 1 N–H and O–H groups in total. The predicted molar refractivity (Wildman–Crippen MR) is 48.8 cm³/mol. The first-order valence-electron chi connectivity index (χ1n) is 4.16. The van der Waals surface area contributed by atoms with Crippen molar-refractivity contribution in [3.8, 4) is 0 Å². The molecular weight excluding hydrogens is 138 g/mol. The summed E-state index contributed by atoms with van der Waals surface area (Å²) >= 11 is 0. The van der Waals surface area contributed by atoms with Crippen LogP contribution in [0.25, 0.3) is 0 Å². The van der Waals surface area contributed by atoms with E-state index >= 15 is 0 Å². The highest BCUT2D eigenvalue weighted by molar-refractivity contribution is 4.98. The minimum absolute atomic E-state index is 0.756. The van der Waals surface area contributed by atoms with Crippen molar-refractivity contribution in [2.45, 2.75) is 20.3 Å². The van der Waals surface area contributed by atoms with E-state index in [-0.39, 0.29) is 0 Å². The summed E-state index contributed by atoms with van der Waals surface area (Å²) in [6.07, 6.45) is 3.31. The van der Waals surface area contributed by atoms with Gasteiger partial charge in [-0.25, -0.2) is 0 Å². The average Bonchev–Trinajstić information content (AvgIpc) is 1.99. The number of hydrogen-bond acceptors (Lipinski definition) is 2. The van der Waals surface area contributed by atoms with Crippen molar-refractivity contribution in [1.82, 2.24) is 5.32 Å². The minimum Gasteiger partial charge on any atom is -0.380 e. The second-order valence-electron chi connectivity index (χ2n) is 2.63. The Bertz CT molecular complexity index is 110. The van der Waals surface area contributed by atoms with E-state index < -0.39 is 0 Å². The average molecular weight is 157 g/mol. The lowest BCUT2D eigenvalue weighted by Gasteiger charge is -1.99. The lowest BCUT2D eigenvalue weighted by molar-refractivity contribution is 0.225. The molecule has 0 heterocycles. The zero-order valence-corrected chi connectivity index (χ0v) is 7.81. The molecule has 0 rings (SSSR count). The standard InChI is InChI=1S/C9H19NO/c1-4-10-7-5-6-9(2)8-11-3/h6,10H,4-5,7-8H2,1-3H3. The van der Waals surface area contributed by atoms with Gasteiger partial charge in [-0.15, -0.1) is 0 Å². The van der Waals surface area contributed by atoms with Crippen LogP contribution in [0.1, 0.15) is 20.3 Å². The van der Waals surface area contributed by atoms with Crippen LogP contribution in [0, 0.1) is 0 Å². The van der Waals surface area contributed by atoms with Gasteiger partial charge in [-0.3, -0.25) is 0 Å². The number of rotatable bonds is 6. The second-order valence-corrected chi connectivity index (χ2v) is 2.63. The first kappa shape index (κ1) is 10.7. The monoisotopic (exact) mass is 157 g/mol. The molecule has 0 spiro atoms. The van der Waals surface area contributed by atoms with Gasteiger partial charge in [-0.05, 0) is 26.4 Å². The second kappa shape index (κ2) is 7.76. The van der Waals surface area contributed by atoms with E-state index in [0.717, 1.165) is 26.1 Å². The maximum absolute atomic E-state index is 4.97. The van der Waals surface area contributed by atoms with Crippen molar-refractivity contribution < 1.29 is 4.74 Å². The molecule has 0 amide bonds. The maximum Gasteiger partial charge on any atom is 0.0670 e. The molecule has 0 aliphatic rings. The highest BCUT2D eigenvalue weighted by Gasteiger charge is 1.86. The van der Waals surface area contributed by atoms with Crippen LogP contribution in [0.4, 0.5) is 0 Å². The van der Waals surface area contributed by atoms with Gasteiger partial charge in [0.1, 0.15) is 0 Å². The molecule has 0 aliphatic heterocycles. The summed E-state index contributed by atoms with van der Waals surface area (Å²) in [6, 6.07) is 0. The minimum atomic E-state index is 0.756. The Morgan fingerprint density at radius 1 is 1.55 bits per heavy atom. The largest absolute Gasteiger partial charge is 0.380 e. The van der Waals surface area contributed by atoms with E-state index in [1.807, 2.05) is 0 Å². The third kappa shape index (κ3) is 7.56. The molecule has 0 aliphatic carbocycles. The third-order valence-electron chi connectivity index (χ3n) is 1.44. The lowest BCUT2D eigenvalue weighted by atomic mass is 10.2. The molecule has 0 fully saturated rings. The smallest absolute Gasteiger partial charge is 0.0670 e. The molecule has 0 atom stereocenters. The van der Waals surface area contributed by atoms with Gasteiger partial charge < -0.3 is 10.1 Å². The van der Waals surface area contributed by atoms with Crippen LogP contribution in [-0.4, -0.2) is 26.8 Å². The van der Waals surface area contributed by atoms with Crippen molar-refractivity contribution >= 4 is 0 Å². The van der Waals surface area contributed by atoms with Crippen molar-refractivity contribution in [2.24, 2.45) is 0 Å². The van der Waals surface area contributed by atoms with Gasteiger partial charge in [0.2, 0.25) is 0 Å². The molecule has 0 bridgehead atoms. The fraction of sp³-hybridized carbons (Fsp3) is 0.778. The van der Waals surface area contributed by atoms with E-state index in [9.17, 15) is 0 Å². The number of ether oxygens (including phenoxy) is 1. The van der Waals surface area contributed by atoms with Crippen LogP contribution in [-0.2, 0) is 4.74 Å². The highest BCUT2D eigenvalue weighted by Crippen LogP contribution is 1.94. The Kier molecular flexibility index (Phi) is 7.52. The Morgan fingerprint density at radius 3 is 2.82 bits per heavy atom. The Labute approximate surface area is 69.6 Å². The molecule has 0 aromatic heterocycles. The zero-order valence-electron chi connectivity index (χ0n) is 7.81. The molecule has 0 saturated heterocycles. The molecule has 2 heteroatoms. The molecule has 66 valence electrons. The Hall–Kier alpha value is -0.340. The highest BCUT2D eigenvalue weighted by atomic mass is 16.5. The predicted octanol–water partition coefficient (Wildman–Crippen LogP) is 1.58. The van der Waals surface area contributed by atoms with Gasteiger partial charge in [0, 0.05) is 7.11 Å². The van der Waals surface area contributed by atoms with E-state index in [0.29, 0.717) is 0 Å². The van der Waals surface area contributed by atoms with Crippen molar-refractivity contribution in [2.75, 3.05) is 26.8 Å². The van der Waals surface area contributed by atoms with Gasteiger partial charge in [-0.2, -0.15) is 0 Å². The topological polar surface area (TPSA) is 21.3 Å². The summed E-state index contributed by atoms with van der Waals surface area (Å²) in [5.74, 6) is 0. The molecule has 0 unspecified atom stereocenters. The molecule has 2 nitrogen and oxygen atoms in total. The fourth-order valence-electron chi connectivity index (χ4n) is 0.884. The number of hydrogen-bond donors (Lipinski definition) is 1. The summed E-state index contributed by atoms with van der Waals surface area (Å²) in [5.41, 5.74) is 1.31. The normalized spacial score (nSPS) is 12.1. The van der Waals surface area contributed by atoms with Crippen LogP contribution in [0.2, 0.25) is 0 Å². The maximum atomic E-state index is 4.97. The summed E-state index contributed by atoms with van der Waals surface area (Å²) in [4.78, 5) is 0. The van der Waals surface area contributed by atoms with Crippen LogP contribution in [0.5, 0.6) is 0 Å². The van der Waals surface area contributed by atoms with Crippen LogP contribution >= 0.6 is 0 Å². The first-order valence-corrected chi connectivity index (χ1v) is 4.16. The number of methoxy groups -OCH3 is 1. The van der Waals surface area contributed by atoms with Crippen LogP contribution in [0.15, 0.2) is 11.6 Å². The van der Waals surface area contributed by atoms with Crippen molar-refractivity contribution in [3.63, 3.8) is 0 Å². The molecule has 0 saturated carbocycles. The summed E-state index contributed by atoms with van der Waals surface area (Å²) in [7, 11) is 1.72. The van der Waals surface area contributed by atoms with Gasteiger partial charge in [0.25, 0.3) is 0 Å². The van der Waals surface area contributed by atoms with E-state index in [2.05, 4.69) is 25.2 Å². The van der Waals surface area contributed by atoms with Gasteiger partial charge in [0.15, 0.2) is 0 Å². The van der Waals surface area contributed by atoms with Gasteiger partial charge >= 0.3 is 0 Å². The van der Waals surface area contributed by atoms with E-state index in [4.69, 9.17) is 4.74 Å². The summed E-state index contributed by atoms with van der Waals surface area (Å²) in [5, 5.41) is 3.26. The zero-order chi connectivity index (χ0) is 8.53. The lowest BCUT2D eigenvalue weighted by Crippen LogP contribution is -2.13. The quantitative estimate of drug-likeness (QED) is 0.467. The fourth-order valence-corrected chi connectivity index (χ4v) is 0.884. The molecule has 0 aromatic carbocycles. The Balaban J connectivity index is 3.24. The summed E-state index contributed by atoms with van der Waals surface area (Å²) < 4.78 is 4.97. The van der Waals surface area contributed by atoms with E-state index in [1.165, 1.54) is 5.57 Å². The molecule has 11 heavy (non-hydrogen) atoms. The molecule has 0 radical (unpaired) electrons. The van der Waals surface area contributed by atoms with Crippen molar-refractivity contribution in [1.29, 1.82) is 0 Å². The van der Waals surface area contributed by atoms with Crippen molar-refractivity contribution in [3.05, 3.63) is 11.6 Å². The first-order chi connectivity index (χ1) is 5.31. The molecule has 0 aromatic rings. The third-order valence-corrected chi connectivity index (χ3v) is 1.44. The molecular formula is C9H19NO. The Morgan fingerprint density at radius 2 is 2.27 bits per heavy atom. The van der Waals surface area contributed by atoms with Gasteiger partial charge in [-0.1, -0.05) is 18.6 Å². The number of nitrogens with one attached hydrogen (secondary N) is 1.